The molecule has 0 heterocycles. The van der Waals surface area contributed by atoms with Crippen LogP contribution in [0, 0.1) is 29.1 Å². The lowest BCUT2D eigenvalue weighted by atomic mass is 9.81. The molecule has 2 N–H and O–H groups in total. The van der Waals surface area contributed by atoms with E-state index in [1.807, 2.05) is 0 Å². The number of hydrogen-bond acceptors (Lipinski definition) is 2. The third-order valence-corrected chi connectivity index (χ3v) is 10.3. The van der Waals surface area contributed by atoms with Gasteiger partial charge in [-0.1, -0.05) is 51.8 Å². The lowest BCUT2D eigenvalue weighted by Crippen LogP contribution is -2.29. The highest BCUT2D eigenvalue weighted by Gasteiger charge is 2.33. The number of aliphatic carboxylic acids is 1. The van der Waals surface area contributed by atoms with Crippen LogP contribution >= 0.6 is 7.04 Å². The Morgan fingerprint density at radius 3 is 2.40 bits per heavy atom. The van der Waals surface area contributed by atoms with Gasteiger partial charge in [0.1, 0.15) is 0 Å². The second-order valence-corrected chi connectivity index (χ2v) is 13.8. The fourth-order valence-corrected chi connectivity index (χ4v) is 8.21. The highest BCUT2D eigenvalue weighted by atomic mass is 31.2. The molecule has 0 bridgehead atoms. The number of carbonyl (C=O) groups is 1. The normalized spacial score (nSPS) is 27.0. The molecule has 168 valence electrons. The lowest BCUT2D eigenvalue weighted by Gasteiger charge is -2.39. The molecule has 0 radical (unpaired) electrons. The molecule has 0 aromatic rings. The number of carboxylic acids is 1. The zero-order chi connectivity index (χ0) is 22.5. The van der Waals surface area contributed by atoms with Crippen molar-refractivity contribution >= 4 is 19.3 Å². The summed E-state index contributed by atoms with van der Waals surface area (Å²) in [4.78, 5) is 12.3. The van der Waals surface area contributed by atoms with Crippen LogP contribution in [0.1, 0.15) is 80.1 Å². The Morgan fingerprint density at radius 2 is 1.90 bits per heavy atom. The molecule has 0 amide bonds. The maximum absolute atomic E-state index is 12.3. The zero-order valence-corrected chi connectivity index (χ0v) is 20.9. The van der Waals surface area contributed by atoms with E-state index in [2.05, 4.69) is 64.5 Å². The quantitative estimate of drug-likeness (QED) is 0.366. The Hall–Kier alpha value is -1.23. The third kappa shape index (κ3) is 6.63. The monoisotopic (exact) mass is 431 g/mol. The third-order valence-electron chi connectivity index (χ3n) is 6.50. The van der Waals surface area contributed by atoms with Crippen molar-refractivity contribution in [1.29, 1.82) is 0 Å². The highest BCUT2D eigenvalue weighted by Crippen LogP contribution is 2.54. The standard InChI is InChI=1S/C26H42NO2P/c1-8-21-16-20(14-15-26(4,5)6)17-22(24(21)25(28)29)18-30(7,27-9-2)23-12-10-19(3)11-13-23/h17,19,21,23,27H,7-13,16,18H2,1-6H3,(H,28,29). The molecule has 2 unspecified atom stereocenters. The number of allylic oxidation sites excluding steroid dienone is 3. The van der Waals surface area contributed by atoms with Crippen LogP contribution in [0.25, 0.3) is 0 Å². The van der Waals surface area contributed by atoms with E-state index in [0.717, 1.165) is 42.6 Å². The van der Waals surface area contributed by atoms with E-state index < -0.39 is 13.0 Å². The van der Waals surface area contributed by atoms with Gasteiger partial charge in [-0.2, -0.15) is 0 Å². The van der Waals surface area contributed by atoms with Gasteiger partial charge in [-0.25, -0.2) is 4.79 Å². The van der Waals surface area contributed by atoms with Crippen LogP contribution in [-0.4, -0.2) is 35.7 Å². The molecule has 3 nitrogen and oxygen atoms in total. The van der Waals surface area contributed by atoms with Crippen LogP contribution in [0.15, 0.2) is 22.8 Å². The molecule has 2 aliphatic carbocycles. The van der Waals surface area contributed by atoms with Gasteiger partial charge in [-0.3, -0.25) is 5.09 Å². The highest BCUT2D eigenvalue weighted by molar-refractivity contribution is 7.72. The molecule has 2 rings (SSSR count). The summed E-state index contributed by atoms with van der Waals surface area (Å²) in [6.45, 7) is 13.8. The van der Waals surface area contributed by atoms with Crippen molar-refractivity contribution in [2.45, 2.75) is 85.7 Å². The number of hydrogen-bond donors (Lipinski definition) is 2. The Balaban J connectivity index is 2.47. The molecular weight excluding hydrogens is 389 g/mol. The van der Waals surface area contributed by atoms with Gasteiger partial charge in [-0.05, 0) is 89.2 Å². The minimum absolute atomic E-state index is 0.0354. The van der Waals surface area contributed by atoms with Crippen LogP contribution in [0.2, 0.25) is 0 Å². The van der Waals surface area contributed by atoms with Crippen LogP contribution in [0.5, 0.6) is 0 Å². The second kappa shape index (κ2) is 10.4. The fourth-order valence-electron chi connectivity index (χ4n) is 4.79. The van der Waals surface area contributed by atoms with Gasteiger partial charge in [0.15, 0.2) is 0 Å². The average Bonchev–Trinajstić information content (AvgIpc) is 2.65. The van der Waals surface area contributed by atoms with Gasteiger partial charge in [0, 0.05) is 22.7 Å². The van der Waals surface area contributed by atoms with Gasteiger partial charge in [0.05, 0.1) is 0 Å². The summed E-state index contributed by atoms with van der Waals surface area (Å²) in [7, 11) is -1.75. The predicted octanol–water partition coefficient (Wildman–Crippen LogP) is 6.33. The number of rotatable bonds is 7. The molecule has 2 aliphatic rings. The molecule has 0 aliphatic heterocycles. The number of nitrogens with one attached hydrogen (secondary N) is 1. The van der Waals surface area contributed by atoms with E-state index in [1.165, 1.54) is 25.7 Å². The lowest BCUT2D eigenvalue weighted by molar-refractivity contribution is -0.133. The van der Waals surface area contributed by atoms with Crippen LogP contribution in [-0.2, 0) is 4.79 Å². The van der Waals surface area contributed by atoms with Gasteiger partial charge in [-0.15, -0.1) is 0 Å². The van der Waals surface area contributed by atoms with Gasteiger partial charge >= 0.3 is 5.97 Å². The summed E-state index contributed by atoms with van der Waals surface area (Å²) in [6, 6.07) is 0. The Kier molecular flexibility index (Phi) is 8.67. The molecule has 0 saturated heterocycles. The van der Waals surface area contributed by atoms with Crippen LogP contribution in [0.3, 0.4) is 0 Å². The largest absolute Gasteiger partial charge is 0.478 e. The minimum Gasteiger partial charge on any atom is -0.478 e. The summed E-state index contributed by atoms with van der Waals surface area (Å²) in [5.74, 6) is 6.78. The molecule has 1 saturated carbocycles. The second-order valence-electron chi connectivity index (χ2n) is 10.3. The summed E-state index contributed by atoms with van der Waals surface area (Å²) >= 11 is 0. The summed E-state index contributed by atoms with van der Waals surface area (Å²) in [5.41, 5.74) is 3.17. The summed E-state index contributed by atoms with van der Waals surface area (Å²) in [5, 5.41) is 13.8. The van der Waals surface area contributed by atoms with E-state index >= 15 is 0 Å². The molecule has 2 atom stereocenters. The molecular formula is C26H42NO2P. The first-order valence-corrected chi connectivity index (χ1v) is 13.9. The Bertz CT molecular complexity index is 795. The summed E-state index contributed by atoms with van der Waals surface area (Å²) < 4.78 is 0. The van der Waals surface area contributed by atoms with E-state index in [4.69, 9.17) is 6.30 Å². The molecule has 4 heteroatoms. The van der Waals surface area contributed by atoms with Crippen molar-refractivity contribution < 1.29 is 9.90 Å². The predicted molar refractivity (Wildman–Crippen MR) is 132 cm³/mol. The van der Waals surface area contributed by atoms with Crippen molar-refractivity contribution in [2.24, 2.45) is 17.3 Å². The van der Waals surface area contributed by atoms with Crippen molar-refractivity contribution in [3.05, 3.63) is 22.8 Å². The first-order valence-electron chi connectivity index (χ1n) is 11.7. The van der Waals surface area contributed by atoms with Crippen molar-refractivity contribution in [1.82, 2.24) is 5.09 Å². The maximum atomic E-state index is 12.3. The van der Waals surface area contributed by atoms with E-state index in [9.17, 15) is 9.90 Å². The van der Waals surface area contributed by atoms with E-state index in [0.29, 0.717) is 11.2 Å². The topological polar surface area (TPSA) is 49.3 Å². The molecule has 0 aromatic heterocycles. The van der Waals surface area contributed by atoms with Gasteiger partial charge in [0.25, 0.3) is 0 Å². The van der Waals surface area contributed by atoms with Crippen LogP contribution in [0.4, 0.5) is 0 Å². The molecule has 0 spiro atoms. The van der Waals surface area contributed by atoms with Crippen LogP contribution < -0.4 is 5.09 Å². The molecule has 30 heavy (non-hydrogen) atoms. The fraction of sp³-hybridized carbons (Fsp3) is 0.692. The van der Waals surface area contributed by atoms with E-state index in [1.54, 1.807) is 0 Å². The van der Waals surface area contributed by atoms with Crippen molar-refractivity contribution in [2.75, 3.05) is 12.7 Å². The van der Waals surface area contributed by atoms with Gasteiger partial charge in [0.2, 0.25) is 0 Å². The minimum atomic E-state index is -1.75. The zero-order valence-electron chi connectivity index (χ0n) is 20.0. The van der Waals surface area contributed by atoms with Crippen molar-refractivity contribution in [3.8, 4) is 11.8 Å². The Labute approximate surface area is 184 Å². The maximum Gasteiger partial charge on any atom is 0.332 e. The first-order chi connectivity index (χ1) is 14.0. The first kappa shape index (κ1) is 25.0. The smallest absolute Gasteiger partial charge is 0.332 e. The molecule has 1 fully saturated rings. The SMILES string of the molecule is C=P(CC1=C(C(=O)O)C(CC)CC(C#CC(C)(C)C)=C1)(NCC)C1CCC(C)CC1. The Morgan fingerprint density at radius 1 is 1.27 bits per heavy atom. The number of carboxylic acid groups (broad SMARTS) is 1. The average molecular weight is 432 g/mol. The van der Waals surface area contributed by atoms with Gasteiger partial charge < -0.3 is 5.11 Å². The summed E-state index contributed by atoms with van der Waals surface area (Å²) in [6.07, 6.45) is 14.1. The van der Waals surface area contributed by atoms with E-state index in [-0.39, 0.29) is 11.3 Å². The van der Waals surface area contributed by atoms with Crippen molar-refractivity contribution in [3.63, 3.8) is 0 Å². The molecule has 0 aromatic carbocycles.